The molecule has 13 heavy (non-hydrogen) atoms. The maximum absolute atomic E-state index is 10.5. The molecule has 0 saturated carbocycles. The van der Waals surface area contributed by atoms with E-state index < -0.39 is 0 Å². The van der Waals surface area contributed by atoms with Crippen LogP contribution in [0.1, 0.15) is 13.8 Å². The van der Waals surface area contributed by atoms with Crippen LogP contribution in [0.3, 0.4) is 0 Å². The molecule has 1 saturated heterocycles. The maximum atomic E-state index is 10.5. The van der Waals surface area contributed by atoms with Crippen LogP contribution in [0.25, 0.3) is 0 Å². The summed E-state index contributed by atoms with van der Waals surface area (Å²) in [5.41, 5.74) is 0.414. The molecule has 74 valence electrons. The molecule has 3 heteroatoms. The second-order valence-electron chi connectivity index (χ2n) is 2.81. The fourth-order valence-electron chi connectivity index (χ4n) is 0.354. The lowest BCUT2D eigenvalue weighted by molar-refractivity contribution is -0.137. The number of ether oxygens (including phenoxy) is 2. The number of carbonyl (C=O) groups excluding carboxylic acids is 1. The van der Waals surface area contributed by atoms with Crippen molar-refractivity contribution in [2.75, 3.05) is 13.2 Å². The van der Waals surface area contributed by atoms with Gasteiger partial charge in [-0.25, -0.2) is 4.79 Å². The van der Waals surface area contributed by atoms with Gasteiger partial charge in [0, 0.05) is 5.57 Å². The molecule has 0 amide bonds. The Balaban J connectivity index is 0.000000293. The largest absolute Gasteiger partial charge is 0.458 e. The van der Waals surface area contributed by atoms with E-state index in [1.54, 1.807) is 6.92 Å². The fourth-order valence-corrected chi connectivity index (χ4v) is 0.354. The first-order valence-corrected chi connectivity index (χ1v) is 4.13. The normalized spacial score (nSPS) is 17.8. The summed E-state index contributed by atoms with van der Waals surface area (Å²) in [7, 11) is 0. The van der Waals surface area contributed by atoms with Crippen molar-refractivity contribution in [3.05, 3.63) is 24.8 Å². The molecular formula is C10H16O3. The molecule has 1 aliphatic rings. The molecule has 1 heterocycles. The highest BCUT2D eigenvalue weighted by molar-refractivity contribution is 5.86. The summed E-state index contributed by atoms with van der Waals surface area (Å²) in [5.74, 6) is -0.366. The Morgan fingerprint density at radius 2 is 2.23 bits per heavy atom. The lowest BCUT2D eigenvalue weighted by Gasteiger charge is -1.97. The number of hydrogen-bond donors (Lipinski definition) is 0. The lowest BCUT2D eigenvalue weighted by atomic mass is 10.4. The summed E-state index contributed by atoms with van der Waals surface area (Å²) in [6.45, 7) is 11.7. The van der Waals surface area contributed by atoms with Crippen LogP contribution in [0.4, 0.5) is 0 Å². The van der Waals surface area contributed by atoms with Crippen molar-refractivity contribution in [2.45, 2.75) is 20.0 Å². The van der Waals surface area contributed by atoms with Gasteiger partial charge in [0.15, 0.2) is 0 Å². The van der Waals surface area contributed by atoms with Crippen LogP contribution in [0.2, 0.25) is 0 Å². The molecule has 0 bridgehead atoms. The van der Waals surface area contributed by atoms with E-state index in [2.05, 4.69) is 24.8 Å². The Labute approximate surface area is 79.0 Å². The van der Waals surface area contributed by atoms with Gasteiger partial charge in [-0.2, -0.15) is 0 Å². The van der Waals surface area contributed by atoms with Gasteiger partial charge in [0.2, 0.25) is 0 Å². The Kier molecular flexibility index (Phi) is 5.89. The molecule has 1 fully saturated rings. The predicted octanol–water partition coefficient (Wildman–Crippen LogP) is 1.70. The topological polar surface area (TPSA) is 38.8 Å². The molecule has 1 atom stereocenters. The summed E-state index contributed by atoms with van der Waals surface area (Å²) in [6, 6.07) is 0. The van der Waals surface area contributed by atoms with Gasteiger partial charge in [-0.05, 0) is 13.8 Å². The van der Waals surface area contributed by atoms with E-state index in [-0.39, 0.29) is 12.6 Å². The van der Waals surface area contributed by atoms with Gasteiger partial charge < -0.3 is 9.47 Å². The average Bonchev–Trinajstić information content (AvgIpc) is 2.84. The van der Waals surface area contributed by atoms with Gasteiger partial charge in [-0.3, -0.25) is 0 Å². The van der Waals surface area contributed by atoms with Gasteiger partial charge in [-0.1, -0.05) is 19.2 Å². The van der Waals surface area contributed by atoms with Gasteiger partial charge >= 0.3 is 5.97 Å². The molecule has 1 rings (SSSR count). The standard InChI is InChI=1S/C7H10O2.C3H6O/c1-4-5-9-7(8)6(2)3;1-3-2-4-3/h4H,1-2,5H2,3H3;3H,2H2,1H3. The first-order chi connectivity index (χ1) is 6.07. The number of carbonyl (C=O) groups is 1. The quantitative estimate of drug-likeness (QED) is 0.290. The van der Waals surface area contributed by atoms with E-state index in [0.29, 0.717) is 11.7 Å². The first kappa shape index (κ1) is 11.9. The van der Waals surface area contributed by atoms with Crippen molar-refractivity contribution in [2.24, 2.45) is 0 Å². The molecule has 0 aromatic rings. The van der Waals surface area contributed by atoms with Crippen molar-refractivity contribution in [3.63, 3.8) is 0 Å². The third-order valence-corrected chi connectivity index (χ3v) is 1.18. The van der Waals surface area contributed by atoms with E-state index in [4.69, 9.17) is 4.74 Å². The zero-order chi connectivity index (χ0) is 10.3. The smallest absolute Gasteiger partial charge is 0.333 e. The van der Waals surface area contributed by atoms with Crippen molar-refractivity contribution in [1.82, 2.24) is 0 Å². The van der Waals surface area contributed by atoms with Crippen LogP contribution < -0.4 is 0 Å². The van der Waals surface area contributed by atoms with Crippen LogP contribution >= 0.6 is 0 Å². The highest BCUT2D eigenvalue weighted by Gasteiger charge is 2.13. The molecular weight excluding hydrogens is 168 g/mol. The second kappa shape index (κ2) is 6.43. The Hall–Kier alpha value is -1.09. The highest BCUT2D eigenvalue weighted by Crippen LogP contribution is 2.04. The summed E-state index contributed by atoms with van der Waals surface area (Å²) in [5, 5.41) is 0. The van der Waals surface area contributed by atoms with Crippen LogP contribution in [0.15, 0.2) is 24.8 Å². The number of esters is 1. The van der Waals surface area contributed by atoms with Gasteiger partial charge in [0.05, 0.1) is 12.7 Å². The zero-order valence-electron chi connectivity index (χ0n) is 8.21. The predicted molar refractivity (Wildman–Crippen MR) is 51.4 cm³/mol. The minimum atomic E-state index is -0.366. The van der Waals surface area contributed by atoms with E-state index in [0.717, 1.165) is 6.61 Å². The van der Waals surface area contributed by atoms with Crippen LogP contribution in [0, 0.1) is 0 Å². The molecule has 1 aliphatic heterocycles. The monoisotopic (exact) mass is 184 g/mol. The summed E-state index contributed by atoms with van der Waals surface area (Å²) < 4.78 is 9.30. The Morgan fingerprint density at radius 3 is 2.46 bits per heavy atom. The average molecular weight is 184 g/mol. The molecule has 0 N–H and O–H groups in total. The second-order valence-corrected chi connectivity index (χ2v) is 2.81. The van der Waals surface area contributed by atoms with Crippen LogP contribution in [0.5, 0.6) is 0 Å². The van der Waals surface area contributed by atoms with E-state index in [9.17, 15) is 4.79 Å². The third-order valence-electron chi connectivity index (χ3n) is 1.18. The minimum absolute atomic E-state index is 0.256. The maximum Gasteiger partial charge on any atom is 0.333 e. The van der Waals surface area contributed by atoms with Gasteiger partial charge in [0.1, 0.15) is 6.61 Å². The molecule has 1 unspecified atom stereocenters. The van der Waals surface area contributed by atoms with Gasteiger partial charge in [0.25, 0.3) is 0 Å². The highest BCUT2D eigenvalue weighted by atomic mass is 16.6. The Morgan fingerprint density at radius 1 is 1.77 bits per heavy atom. The first-order valence-electron chi connectivity index (χ1n) is 4.13. The third kappa shape index (κ3) is 8.82. The van der Waals surface area contributed by atoms with E-state index >= 15 is 0 Å². The van der Waals surface area contributed by atoms with Crippen LogP contribution in [-0.2, 0) is 14.3 Å². The molecule has 3 nitrogen and oxygen atoms in total. The van der Waals surface area contributed by atoms with Crippen molar-refractivity contribution in [3.8, 4) is 0 Å². The molecule has 0 aromatic heterocycles. The van der Waals surface area contributed by atoms with Crippen molar-refractivity contribution in [1.29, 1.82) is 0 Å². The molecule has 0 radical (unpaired) electrons. The van der Waals surface area contributed by atoms with E-state index in [1.807, 2.05) is 0 Å². The number of rotatable bonds is 3. The van der Waals surface area contributed by atoms with Crippen LogP contribution in [-0.4, -0.2) is 25.3 Å². The Bertz CT molecular complexity index is 192. The zero-order valence-corrected chi connectivity index (χ0v) is 8.21. The summed E-state index contributed by atoms with van der Waals surface area (Å²) in [4.78, 5) is 10.5. The summed E-state index contributed by atoms with van der Waals surface area (Å²) in [6.07, 6.45) is 2.10. The number of epoxide rings is 1. The molecule has 0 spiro atoms. The summed E-state index contributed by atoms with van der Waals surface area (Å²) >= 11 is 0. The van der Waals surface area contributed by atoms with Crippen molar-refractivity contribution < 1.29 is 14.3 Å². The fraction of sp³-hybridized carbons (Fsp3) is 0.500. The lowest BCUT2D eigenvalue weighted by Crippen LogP contribution is -2.03. The molecule has 0 aromatic carbocycles. The minimum Gasteiger partial charge on any atom is -0.458 e. The SMILES string of the molecule is C=CCOC(=O)C(=C)C.CC1CO1. The van der Waals surface area contributed by atoms with Crippen molar-refractivity contribution >= 4 is 5.97 Å². The van der Waals surface area contributed by atoms with Gasteiger partial charge in [-0.15, -0.1) is 0 Å². The molecule has 0 aliphatic carbocycles. The number of hydrogen-bond acceptors (Lipinski definition) is 3. The van der Waals surface area contributed by atoms with E-state index in [1.165, 1.54) is 6.08 Å².